The van der Waals surface area contributed by atoms with Gasteiger partial charge in [0.1, 0.15) is 31.0 Å². The third kappa shape index (κ3) is 11.4. The first kappa shape index (κ1) is 39.7. The first-order chi connectivity index (χ1) is 23.2. The van der Waals surface area contributed by atoms with Crippen molar-refractivity contribution in [2.45, 2.75) is 91.5 Å². The highest BCUT2D eigenvalue weighted by molar-refractivity contribution is 7.59. The van der Waals surface area contributed by atoms with Crippen molar-refractivity contribution >= 4 is 43.0 Å². The van der Waals surface area contributed by atoms with E-state index in [0.717, 1.165) is 10.5 Å². The van der Waals surface area contributed by atoms with Crippen LogP contribution < -0.4 is 16.0 Å². The molecule has 2 heterocycles. The van der Waals surface area contributed by atoms with Gasteiger partial charge in [0.15, 0.2) is 0 Å². The highest BCUT2D eigenvalue weighted by Crippen LogP contribution is 2.50. The summed E-state index contributed by atoms with van der Waals surface area (Å²) in [5.74, 6) is -3.45. The minimum Gasteiger partial charge on any atom is -0.445 e. The number of rotatable bonds is 17. The van der Waals surface area contributed by atoms with Crippen LogP contribution in [-0.2, 0) is 44.4 Å². The van der Waals surface area contributed by atoms with E-state index < -0.39 is 67.4 Å². The number of likely N-dealkylation sites (N-methyl/N-ethyl adjacent to an activating group) is 1. The quantitative estimate of drug-likeness (QED) is 0.162. The van der Waals surface area contributed by atoms with E-state index >= 15 is 0 Å². The minimum absolute atomic E-state index is 0.00970. The van der Waals surface area contributed by atoms with Crippen LogP contribution in [0.4, 0.5) is 4.79 Å². The summed E-state index contributed by atoms with van der Waals surface area (Å²) in [6.07, 6.45) is -0.144. The van der Waals surface area contributed by atoms with Gasteiger partial charge in [-0.2, -0.15) is 0 Å². The molecule has 2 fully saturated rings. The lowest BCUT2D eigenvalue weighted by Crippen LogP contribution is -2.51. The van der Waals surface area contributed by atoms with E-state index in [0.29, 0.717) is 32.2 Å². The van der Waals surface area contributed by atoms with Crippen molar-refractivity contribution in [2.24, 2.45) is 17.8 Å². The van der Waals surface area contributed by atoms with Gasteiger partial charge in [0.2, 0.25) is 31.0 Å². The van der Waals surface area contributed by atoms with E-state index in [1.165, 1.54) is 11.9 Å². The predicted octanol–water partition coefficient (Wildman–Crippen LogP) is 3.24. The van der Waals surface area contributed by atoms with E-state index in [9.17, 15) is 33.3 Å². The number of carbonyl (C=O) groups excluding carboxylic acids is 6. The van der Waals surface area contributed by atoms with Gasteiger partial charge in [-0.05, 0) is 50.0 Å². The molecular formula is C34H52N5O9P. The number of imide groups is 1. The molecule has 0 aliphatic carbocycles. The maximum atomic E-state index is 14.3. The summed E-state index contributed by atoms with van der Waals surface area (Å²) >= 11 is 0. The van der Waals surface area contributed by atoms with E-state index in [1.54, 1.807) is 6.92 Å². The Morgan fingerprint density at radius 1 is 1.00 bits per heavy atom. The molecule has 0 spiro atoms. The van der Waals surface area contributed by atoms with Gasteiger partial charge in [-0.25, -0.2) is 4.79 Å². The first-order valence-corrected chi connectivity index (χ1v) is 19.0. The molecule has 5 atom stereocenters. The van der Waals surface area contributed by atoms with E-state index in [4.69, 9.17) is 9.26 Å². The average molecular weight is 706 g/mol. The van der Waals surface area contributed by atoms with Crippen LogP contribution in [0.5, 0.6) is 0 Å². The van der Waals surface area contributed by atoms with Crippen LogP contribution in [0.3, 0.4) is 0 Å². The Morgan fingerprint density at radius 2 is 1.67 bits per heavy atom. The molecule has 15 heteroatoms. The van der Waals surface area contributed by atoms with Crippen molar-refractivity contribution in [3.8, 4) is 0 Å². The smallest absolute Gasteiger partial charge is 0.410 e. The molecule has 3 rings (SSSR count). The van der Waals surface area contributed by atoms with Gasteiger partial charge in [-0.3, -0.25) is 38.3 Å². The largest absolute Gasteiger partial charge is 0.445 e. The molecule has 1 aromatic carbocycles. The lowest BCUT2D eigenvalue weighted by molar-refractivity contribution is -0.139. The monoisotopic (exact) mass is 705 g/mol. The summed E-state index contributed by atoms with van der Waals surface area (Å²) in [5, 5.41) is 7.98. The van der Waals surface area contributed by atoms with E-state index in [2.05, 4.69) is 16.0 Å². The highest BCUT2D eigenvalue weighted by Gasteiger charge is 2.46. The lowest BCUT2D eigenvalue weighted by atomic mass is 9.96. The molecule has 0 radical (unpaired) electrons. The van der Waals surface area contributed by atoms with Crippen molar-refractivity contribution < 1.29 is 42.6 Å². The van der Waals surface area contributed by atoms with Gasteiger partial charge in [-0.1, -0.05) is 58.0 Å². The minimum atomic E-state index is -3.81. The van der Waals surface area contributed by atoms with Crippen LogP contribution in [0.1, 0.15) is 72.3 Å². The zero-order chi connectivity index (χ0) is 36.3. The third-order valence-corrected chi connectivity index (χ3v) is 10.9. The number of amides is 6. The molecule has 14 nitrogen and oxygen atoms in total. The highest BCUT2D eigenvalue weighted by atomic mass is 31.2. The van der Waals surface area contributed by atoms with Crippen LogP contribution in [0.2, 0.25) is 0 Å². The standard InChI is InChI=1S/C34H52N5O9P/c1-7-48-49(46,20-25(16-22(2)3)30(41)36-26(17-23(4)5)31(42)35-6)21-39-29(40)18-27(33(39)44)37-32(43)28-14-11-15-38(28)34(45)47-19-24-12-9-8-10-13-24/h8-10,12-13,22-23,25-28H,7,11,14-21H2,1-6H3,(H,35,42)(H,36,41)(H,37,43)/t25-,26+,27-,28-,49?/m1/s1. The van der Waals surface area contributed by atoms with Crippen LogP contribution in [0.15, 0.2) is 30.3 Å². The number of ether oxygens (including phenoxy) is 1. The Balaban J connectivity index is 1.68. The Kier molecular flexibility index (Phi) is 14.8. The maximum Gasteiger partial charge on any atom is 0.410 e. The second-order valence-corrected chi connectivity index (χ2v) is 16.0. The van der Waals surface area contributed by atoms with Gasteiger partial charge in [-0.15, -0.1) is 0 Å². The number of hydrogen-bond acceptors (Lipinski definition) is 9. The molecule has 3 N–H and O–H groups in total. The molecule has 2 aliphatic rings. The number of nitrogens with one attached hydrogen (secondary N) is 3. The number of carbonyl (C=O) groups is 6. The molecule has 1 unspecified atom stereocenters. The fraction of sp³-hybridized carbons (Fsp3) is 0.647. The van der Waals surface area contributed by atoms with Crippen molar-refractivity contribution in [3.63, 3.8) is 0 Å². The second kappa shape index (κ2) is 18.3. The van der Waals surface area contributed by atoms with Crippen molar-refractivity contribution in [1.82, 2.24) is 25.8 Å². The predicted molar refractivity (Wildman–Crippen MR) is 182 cm³/mol. The zero-order valence-corrected chi connectivity index (χ0v) is 30.3. The van der Waals surface area contributed by atoms with Crippen LogP contribution >= 0.6 is 7.37 Å². The summed E-state index contributed by atoms with van der Waals surface area (Å²) in [6, 6.07) is 6.26. The van der Waals surface area contributed by atoms with Gasteiger partial charge < -0.3 is 25.2 Å². The molecule has 1 aromatic rings. The Labute approximate surface area is 288 Å². The van der Waals surface area contributed by atoms with Gasteiger partial charge in [0, 0.05) is 25.7 Å². The molecule has 2 aliphatic heterocycles. The molecule has 2 saturated heterocycles. The Hall–Kier alpha value is -3.77. The normalized spacial score (nSPS) is 20.2. The number of nitrogens with zero attached hydrogens (tertiary/aromatic N) is 2. The molecule has 6 amide bonds. The maximum absolute atomic E-state index is 14.3. The summed E-state index contributed by atoms with van der Waals surface area (Å²) in [4.78, 5) is 80.8. The first-order valence-electron chi connectivity index (χ1n) is 17.0. The molecule has 0 aromatic heterocycles. The second-order valence-electron chi connectivity index (χ2n) is 13.5. The Bertz CT molecular complexity index is 1390. The van der Waals surface area contributed by atoms with Crippen LogP contribution in [0.25, 0.3) is 0 Å². The molecule has 0 saturated carbocycles. The van der Waals surface area contributed by atoms with Crippen molar-refractivity contribution in [3.05, 3.63) is 35.9 Å². The van der Waals surface area contributed by atoms with Crippen molar-refractivity contribution in [2.75, 3.05) is 32.6 Å². The topological polar surface area (TPSA) is 181 Å². The van der Waals surface area contributed by atoms with Gasteiger partial charge >= 0.3 is 6.09 Å². The SMILES string of the molecule is CCOP(=O)(C[C@@H](CC(C)C)C(=O)N[C@@H](CC(C)C)C(=O)NC)CN1C(=O)C[C@@H](NC(=O)[C@H]2CCCN2C(=O)OCc2ccccc2)C1=O. The van der Waals surface area contributed by atoms with Crippen molar-refractivity contribution in [1.29, 1.82) is 0 Å². The Morgan fingerprint density at radius 3 is 2.29 bits per heavy atom. The molecule has 49 heavy (non-hydrogen) atoms. The molecule has 272 valence electrons. The van der Waals surface area contributed by atoms with E-state index in [-0.39, 0.29) is 43.5 Å². The van der Waals surface area contributed by atoms with Crippen LogP contribution in [-0.4, -0.2) is 96.2 Å². The van der Waals surface area contributed by atoms with E-state index in [1.807, 2.05) is 58.0 Å². The average Bonchev–Trinajstić information content (AvgIpc) is 3.64. The molecular weight excluding hydrogens is 653 g/mol. The third-order valence-electron chi connectivity index (χ3n) is 8.49. The lowest BCUT2D eigenvalue weighted by Gasteiger charge is -2.29. The van der Waals surface area contributed by atoms with Gasteiger partial charge in [0.05, 0.1) is 13.0 Å². The summed E-state index contributed by atoms with van der Waals surface area (Å²) in [7, 11) is -2.32. The summed E-state index contributed by atoms with van der Waals surface area (Å²) < 4.78 is 25.4. The zero-order valence-electron chi connectivity index (χ0n) is 29.4. The fourth-order valence-electron chi connectivity index (χ4n) is 6.21. The number of likely N-dealkylation sites (tertiary alicyclic amines) is 2. The fourth-order valence-corrected chi connectivity index (χ4v) is 8.70. The van der Waals surface area contributed by atoms with Crippen LogP contribution in [0, 0.1) is 17.8 Å². The molecule has 0 bridgehead atoms. The summed E-state index contributed by atoms with van der Waals surface area (Å²) in [5.41, 5.74) is 0.797. The number of hydrogen-bond donors (Lipinski definition) is 3. The number of benzene rings is 1. The summed E-state index contributed by atoms with van der Waals surface area (Å²) in [6.45, 7) is 9.67. The van der Waals surface area contributed by atoms with Gasteiger partial charge in [0.25, 0.3) is 5.91 Å².